The molecule has 102 valence electrons. The monoisotopic (exact) mass is 270 g/mol. The normalized spacial score (nSPS) is 13.2. The van der Waals surface area contributed by atoms with Crippen LogP contribution in [0.25, 0.3) is 23.5 Å². The number of carbonyl (C=O) groups is 1. The van der Waals surface area contributed by atoms with Crippen LogP contribution in [0.15, 0.2) is 22.8 Å². The summed E-state index contributed by atoms with van der Waals surface area (Å²) in [6, 6.07) is 3.58. The van der Waals surface area contributed by atoms with Crippen molar-refractivity contribution in [1.82, 2.24) is 0 Å². The van der Waals surface area contributed by atoms with Gasteiger partial charge in [-0.1, -0.05) is 18.2 Å². The minimum atomic E-state index is -1.06. The van der Waals surface area contributed by atoms with Gasteiger partial charge in [-0.05, 0) is 31.1 Å². The first-order valence-electron chi connectivity index (χ1n) is 6.43. The summed E-state index contributed by atoms with van der Waals surface area (Å²) in [7, 11) is 0. The number of phenolic OH excluding ortho intramolecular Hbond substituents is 1. The van der Waals surface area contributed by atoms with Crippen LogP contribution in [0.5, 0.6) is 5.75 Å². The highest BCUT2D eigenvalue weighted by Crippen LogP contribution is 2.32. The maximum absolute atomic E-state index is 11.3. The number of hydrogen-bond donors (Lipinski definition) is 2. The zero-order valence-corrected chi connectivity index (χ0v) is 11.0. The molecule has 0 bridgehead atoms. The van der Waals surface area contributed by atoms with E-state index in [2.05, 4.69) is 6.08 Å². The Balaban J connectivity index is 2.30. The van der Waals surface area contributed by atoms with Crippen molar-refractivity contribution in [1.29, 1.82) is 0 Å². The van der Waals surface area contributed by atoms with Gasteiger partial charge in [0, 0.05) is 10.8 Å². The third kappa shape index (κ3) is 1.81. The molecule has 0 radical (unpaired) electrons. The first kappa shape index (κ1) is 12.5. The summed E-state index contributed by atoms with van der Waals surface area (Å²) < 4.78 is 5.35. The van der Waals surface area contributed by atoms with Gasteiger partial charge in [0.15, 0.2) is 5.76 Å². The zero-order chi connectivity index (χ0) is 14.3. The summed E-state index contributed by atoms with van der Waals surface area (Å²) in [5, 5.41) is 21.4. The summed E-state index contributed by atoms with van der Waals surface area (Å²) in [6.07, 6.45) is 7.24. The average molecular weight is 270 g/mol. The van der Waals surface area contributed by atoms with E-state index in [9.17, 15) is 15.0 Å². The molecule has 0 saturated carbocycles. The lowest BCUT2D eigenvalue weighted by atomic mass is 10.00. The van der Waals surface area contributed by atoms with E-state index in [1.54, 1.807) is 13.0 Å². The molecule has 2 N–H and O–H groups in total. The van der Waals surface area contributed by atoms with E-state index in [0.717, 1.165) is 23.3 Å². The Labute approximate surface area is 115 Å². The Bertz CT molecular complexity index is 812. The van der Waals surface area contributed by atoms with Gasteiger partial charge in [-0.15, -0.1) is 0 Å². The van der Waals surface area contributed by atoms with E-state index in [0.29, 0.717) is 11.1 Å². The van der Waals surface area contributed by atoms with E-state index in [1.807, 2.05) is 12.1 Å². The van der Waals surface area contributed by atoms with Crippen LogP contribution in [0.3, 0.4) is 0 Å². The quantitative estimate of drug-likeness (QED) is 0.875. The van der Waals surface area contributed by atoms with Gasteiger partial charge in [0.1, 0.15) is 11.3 Å². The molecule has 0 fully saturated rings. The smallest absolute Gasteiger partial charge is 0.339 e. The summed E-state index contributed by atoms with van der Waals surface area (Å²) in [5.74, 6) is -0.775. The van der Waals surface area contributed by atoms with Crippen molar-refractivity contribution in [3.8, 4) is 17.1 Å². The second-order valence-corrected chi connectivity index (χ2v) is 4.88. The zero-order valence-electron chi connectivity index (χ0n) is 11.0. The lowest BCUT2D eigenvalue weighted by Crippen LogP contribution is -2.27. The molecule has 0 spiro atoms. The van der Waals surface area contributed by atoms with Crippen molar-refractivity contribution in [2.75, 3.05) is 0 Å². The molecule has 1 heterocycles. The van der Waals surface area contributed by atoms with Crippen LogP contribution in [0, 0.1) is 6.92 Å². The number of benzene rings is 1. The molecule has 1 aliphatic carbocycles. The van der Waals surface area contributed by atoms with Gasteiger partial charge in [0.2, 0.25) is 0 Å². The van der Waals surface area contributed by atoms with Crippen molar-refractivity contribution < 1.29 is 19.4 Å². The molecule has 0 unspecified atom stereocenters. The number of aryl methyl sites for hydroxylation is 1. The fraction of sp³-hybridized carbons (Fsp3) is 0.188. The minimum absolute atomic E-state index is 0.0790. The SMILES string of the molecule is Cc1coc(-c2ccc3c(c2O)=CCCC=3)c1C(=O)O. The van der Waals surface area contributed by atoms with Crippen LogP contribution in [0.2, 0.25) is 0 Å². The first-order chi connectivity index (χ1) is 9.59. The van der Waals surface area contributed by atoms with Crippen molar-refractivity contribution in [2.45, 2.75) is 19.8 Å². The van der Waals surface area contributed by atoms with Crippen LogP contribution < -0.4 is 10.4 Å². The van der Waals surface area contributed by atoms with Gasteiger partial charge in [0.05, 0.1) is 11.8 Å². The highest BCUT2D eigenvalue weighted by molar-refractivity contribution is 5.96. The Hall–Kier alpha value is -2.49. The van der Waals surface area contributed by atoms with Gasteiger partial charge in [-0.3, -0.25) is 0 Å². The molecular formula is C16H14O4. The standard InChI is InChI=1S/C16H14O4/c1-9-8-20-15(13(9)16(18)19)12-7-6-10-4-2-3-5-11(10)14(12)17/h4-8,17H,2-3H2,1H3,(H,18,19). The molecule has 20 heavy (non-hydrogen) atoms. The molecular weight excluding hydrogens is 256 g/mol. The Morgan fingerprint density at radius 3 is 2.75 bits per heavy atom. The van der Waals surface area contributed by atoms with Crippen LogP contribution in [0.4, 0.5) is 0 Å². The highest BCUT2D eigenvalue weighted by Gasteiger charge is 2.21. The molecule has 2 aromatic rings. The number of hydrogen-bond acceptors (Lipinski definition) is 3. The molecule has 0 saturated heterocycles. The van der Waals surface area contributed by atoms with E-state index >= 15 is 0 Å². The van der Waals surface area contributed by atoms with E-state index < -0.39 is 5.97 Å². The molecule has 0 aliphatic heterocycles. The third-order valence-corrected chi connectivity index (χ3v) is 3.56. The molecule has 4 heteroatoms. The Morgan fingerprint density at radius 1 is 1.25 bits per heavy atom. The fourth-order valence-electron chi connectivity index (χ4n) is 2.57. The lowest BCUT2D eigenvalue weighted by Gasteiger charge is -2.07. The second kappa shape index (κ2) is 4.56. The average Bonchev–Trinajstić information content (AvgIpc) is 2.81. The third-order valence-electron chi connectivity index (χ3n) is 3.56. The van der Waals surface area contributed by atoms with Crippen LogP contribution in [-0.4, -0.2) is 16.2 Å². The van der Waals surface area contributed by atoms with Gasteiger partial charge in [0.25, 0.3) is 0 Å². The van der Waals surface area contributed by atoms with E-state index in [1.165, 1.54) is 6.26 Å². The van der Waals surface area contributed by atoms with Gasteiger partial charge in [-0.25, -0.2) is 4.79 Å². The van der Waals surface area contributed by atoms with Crippen molar-refractivity contribution >= 4 is 18.1 Å². The van der Waals surface area contributed by atoms with Gasteiger partial charge >= 0.3 is 5.97 Å². The Morgan fingerprint density at radius 2 is 2.00 bits per heavy atom. The number of carboxylic acid groups (broad SMARTS) is 1. The predicted octanol–water partition coefficient (Wildman–Crippen LogP) is 2.01. The van der Waals surface area contributed by atoms with Crippen LogP contribution in [0.1, 0.15) is 28.8 Å². The van der Waals surface area contributed by atoms with Crippen molar-refractivity contribution in [2.24, 2.45) is 0 Å². The summed E-state index contributed by atoms with van der Waals surface area (Å²) in [5.41, 5.74) is 1.06. The molecule has 1 aromatic carbocycles. The predicted molar refractivity (Wildman–Crippen MR) is 74.9 cm³/mol. The topological polar surface area (TPSA) is 70.7 Å². The molecule has 4 nitrogen and oxygen atoms in total. The Kier molecular flexibility index (Phi) is 2.86. The fourth-order valence-corrected chi connectivity index (χ4v) is 2.57. The molecule has 1 aromatic heterocycles. The van der Waals surface area contributed by atoms with Crippen molar-refractivity contribution in [3.63, 3.8) is 0 Å². The van der Waals surface area contributed by atoms with E-state index in [-0.39, 0.29) is 17.1 Å². The molecule has 0 atom stereocenters. The largest absolute Gasteiger partial charge is 0.507 e. The number of phenols is 1. The minimum Gasteiger partial charge on any atom is -0.507 e. The van der Waals surface area contributed by atoms with Crippen LogP contribution >= 0.6 is 0 Å². The maximum Gasteiger partial charge on any atom is 0.339 e. The summed E-state index contributed by atoms with van der Waals surface area (Å²) >= 11 is 0. The number of furan rings is 1. The molecule has 1 aliphatic rings. The van der Waals surface area contributed by atoms with Gasteiger partial charge < -0.3 is 14.6 Å². The van der Waals surface area contributed by atoms with Crippen molar-refractivity contribution in [3.05, 3.63) is 40.0 Å². The summed E-state index contributed by atoms with van der Waals surface area (Å²) in [4.78, 5) is 11.3. The maximum atomic E-state index is 11.3. The molecule has 0 amide bonds. The highest BCUT2D eigenvalue weighted by atomic mass is 16.4. The van der Waals surface area contributed by atoms with E-state index in [4.69, 9.17) is 4.42 Å². The number of carboxylic acids is 1. The van der Waals surface area contributed by atoms with Gasteiger partial charge in [-0.2, -0.15) is 0 Å². The lowest BCUT2D eigenvalue weighted by molar-refractivity contribution is 0.0696. The summed E-state index contributed by atoms with van der Waals surface area (Å²) in [6.45, 7) is 1.67. The number of rotatable bonds is 2. The number of aromatic hydroxyl groups is 1. The van der Waals surface area contributed by atoms with Crippen LogP contribution in [-0.2, 0) is 0 Å². The number of fused-ring (bicyclic) bond motifs is 1. The number of aromatic carboxylic acids is 1. The molecule has 3 rings (SSSR count). The first-order valence-corrected chi connectivity index (χ1v) is 6.43. The second-order valence-electron chi connectivity index (χ2n) is 4.88.